The highest BCUT2D eigenvalue weighted by Crippen LogP contribution is 2.29. The van der Waals surface area contributed by atoms with Crippen LogP contribution in [0.4, 0.5) is 11.4 Å². The standard InChI is InChI=1S/C12H8Br2Cl2N2/c13-11-6-3-9(16)7-12(11)17-18(14)10-4-1-8(15)2-5-10/h1-7,17H. The fraction of sp³-hybridized carbons (Fsp3) is 0. The van der Waals surface area contributed by atoms with Gasteiger partial charge in [0.1, 0.15) is 0 Å². The summed E-state index contributed by atoms with van der Waals surface area (Å²) in [5, 5.41) is 1.36. The SMILES string of the molecule is Clc1ccc(N(Br)Nc2cc(Cl)ccc2Br)cc1. The lowest BCUT2D eigenvalue weighted by molar-refractivity contribution is 1.30. The minimum Gasteiger partial charge on any atom is -0.287 e. The number of nitrogens with zero attached hydrogens (tertiary/aromatic N) is 1. The lowest BCUT2D eigenvalue weighted by Crippen LogP contribution is -2.18. The van der Waals surface area contributed by atoms with Crippen LogP contribution in [0.3, 0.4) is 0 Å². The zero-order valence-electron chi connectivity index (χ0n) is 9.00. The molecular formula is C12H8Br2Cl2N2. The smallest absolute Gasteiger partial charge is 0.0729 e. The third-order valence-electron chi connectivity index (χ3n) is 2.20. The van der Waals surface area contributed by atoms with Crippen LogP contribution in [0.15, 0.2) is 46.9 Å². The molecule has 0 heterocycles. The van der Waals surface area contributed by atoms with Gasteiger partial charge in [-0.05, 0) is 58.4 Å². The number of benzene rings is 2. The van der Waals surface area contributed by atoms with Crippen molar-refractivity contribution in [3.05, 3.63) is 57.0 Å². The Morgan fingerprint density at radius 2 is 1.56 bits per heavy atom. The molecule has 0 radical (unpaired) electrons. The fourth-order valence-electron chi connectivity index (χ4n) is 1.33. The number of hydrazine groups is 1. The average molecular weight is 411 g/mol. The summed E-state index contributed by atoms with van der Waals surface area (Å²) in [6.07, 6.45) is 0. The molecule has 0 aliphatic carbocycles. The predicted octanol–water partition coefficient (Wildman–Crippen LogP) is 5.90. The van der Waals surface area contributed by atoms with Crippen molar-refractivity contribution in [3.8, 4) is 0 Å². The largest absolute Gasteiger partial charge is 0.287 e. The third-order valence-corrected chi connectivity index (χ3v) is 3.97. The first-order chi connectivity index (χ1) is 8.56. The molecule has 0 saturated carbocycles. The Kier molecular flexibility index (Phi) is 4.78. The second-order valence-corrected chi connectivity index (χ2v) is 5.93. The van der Waals surface area contributed by atoms with Crippen LogP contribution in [0, 0.1) is 0 Å². The number of rotatable bonds is 3. The molecular weight excluding hydrogens is 403 g/mol. The van der Waals surface area contributed by atoms with Gasteiger partial charge in [-0.3, -0.25) is 5.43 Å². The van der Waals surface area contributed by atoms with Crippen LogP contribution in [0.25, 0.3) is 0 Å². The van der Waals surface area contributed by atoms with Crippen molar-refractivity contribution in [2.24, 2.45) is 0 Å². The summed E-state index contributed by atoms with van der Waals surface area (Å²) in [7, 11) is 0. The molecule has 94 valence electrons. The number of anilines is 2. The Labute approximate surface area is 132 Å². The van der Waals surface area contributed by atoms with Gasteiger partial charge in [-0.25, -0.2) is 4.03 Å². The van der Waals surface area contributed by atoms with Crippen molar-refractivity contribution in [1.82, 2.24) is 0 Å². The van der Waals surface area contributed by atoms with E-state index in [4.69, 9.17) is 23.2 Å². The molecule has 0 aliphatic heterocycles. The Bertz CT molecular complexity index is 546. The van der Waals surface area contributed by atoms with Gasteiger partial charge in [-0.15, -0.1) is 0 Å². The van der Waals surface area contributed by atoms with Crippen LogP contribution in [0.1, 0.15) is 0 Å². The Hall–Kier alpha value is -0.420. The van der Waals surface area contributed by atoms with Crippen LogP contribution in [-0.4, -0.2) is 0 Å². The summed E-state index contributed by atoms with van der Waals surface area (Å²) >= 11 is 18.7. The van der Waals surface area contributed by atoms with Gasteiger partial charge in [-0.2, -0.15) is 0 Å². The van der Waals surface area contributed by atoms with Crippen molar-refractivity contribution < 1.29 is 0 Å². The minimum absolute atomic E-state index is 0.665. The van der Waals surface area contributed by atoms with E-state index in [1.807, 2.05) is 42.5 Å². The van der Waals surface area contributed by atoms with E-state index in [1.165, 1.54) is 0 Å². The molecule has 0 aliphatic rings. The first-order valence-corrected chi connectivity index (χ1v) is 7.25. The molecule has 0 amide bonds. The van der Waals surface area contributed by atoms with Crippen LogP contribution >= 0.6 is 55.3 Å². The van der Waals surface area contributed by atoms with E-state index in [1.54, 1.807) is 4.03 Å². The van der Waals surface area contributed by atoms with E-state index in [0.717, 1.165) is 15.8 Å². The summed E-state index contributed by atoms with van der Waals surface area (Å²) in [4.78, 5) is 0. The van der Waals surface area contributed by atoms with E-state index < -0.39 is 0 Å². The maximum Gasteiger partial charge on any atom is 0.0729 e. The maximum atomic E-state index is 5.95. The van der Waals surface area contributed by atoms with E-state index in [9.17, 15) is 0 Å². The normalized spacial score (nSPS) is 10.2. The third kappa shape index (κ3) is 3.54. The highest BCUT2D eigenvalue weighted by molar-refractivity contribution is 9.10. The zero-order chi connectivity index (χ0) is 13.1. The van der Waals surface area contributed by atoms with Gasteiger partial charge >= 0.3 is 0 Å². The van der Waals surface area contributed by atoms with Crippen molar-refractivity contribution in [2.75, 3.05) is 9.46 Å². The quantitative estimate of drug-likeness (QED) is 0.500. The molecule has 0 atom stereocenters. The number of halogens is 4. The van der Waals surface area contributed by atoms with Gasteiger partial charge in [0.05, 0.1) is 27.5 Å². The molecule has 0 saturated heterocycles. The van der Waals surface area contributed by atoms with Gasteiger partial charge in [0.25, 0.3) is 0 Å². The average Bonchev–Trinajstić information content (AvgIpc) is 2.34. The molecule has 2 aromatic carbocycles. The molecule has 0 unspecified atom stereocenters. The van der Waals surface area contributed by atoms with Gasteiger partial charge in [0, 0.05) is 14.5 Å². The lowest BCUT2D eigenvalue weighted by atomic mass is 10.3. The predicted molar refractivity (Wildman–Crippen MR) is 85.6 cm³/mol. The summed E-state index contributed by atoms with van der Waals surface area (Å²) in [6, 6.07) is 13.0. The highest BCUT2D eigenvalue weighted by atomic mass is 79.9. The molecule has 0 bridgehead atoms. The lowest BCUT2D eigenvalue weighted by Gasteiger charge is -2.19. The number of hydrogen-bond donors (Lipinski definition) is 1. The molecule has 2 aromatic rings. The molecule has 0 spiro atoms. The van der Waals surface area contributed by atoms with Crippen molar-refractivity contribution in [3.63, 3.8) is 0 Å². The van der Waals surface area contributed by atoms with E-state index in [2.05, 4.69) is 37.5 Å². The van der Waals surface area contributed by atoms with Gasteiger partial charge < -0.3 is 0 Å². The molecule has 0 fully saturated rings. The van der Waals surface area contributed by atoms with E-state index in [0.29, 0.717) is 10.0 Å². The van der Waals surface area contributed by atoms with Gasteiger partial charge in [-0.1, -0.05) is 23.2 Å². The Morgan fingerprint density at radius 3 is 2.22 bits per heavy atom. The fourth-order valence-corrected chi connectivity index (χ4v) is 2.39. The summed E-state index contributed by atoms with van der Waals surface area (Å²) in [6.45, 7) is 0. The molecule has 2 nitrogen and oxygen atoms in total. The van der Waals surface area contributed by atoms with Crippen LogP contribution in [-0.2, 0) is 0 Å². The molecule has 2 rings (SSSR count). The first-order valence-electron chi connectivity index (χ1n) is 4.99. The van der Waals surface area contributed by atoms with Gasteiger partial charge in [0.15, 0.2) is 0 Å². The highest BCUT2D eigenvalue weighted by Gasteiger charge is 2.06. The van der Waals surface area contributed by atoms with Crippen molar-refractivity contribution in [2.45, 2.75) is 0 Å². The van der Waals surface area contributed by atoms with Crippen LogP contribution < -0.4 is 9.46 Å². The molecule has 1 N–H and O–H groups in total. The summed E-state index contributed by atoms with van der Waals surface area (Å²) in [5.74, 6) is 0. The van der Waals surface area contributed by atoms with E-state index >= 15 is 0 Å². The first kappa shape index (κ1) is 14.0. The molecule has 6 heteroatoms. The monoisotopic (exact) mass is 408 g/mol. The minimum atomic E-state index is 0.665. The summed E-state index contributed by atoms with van der Waals surface area (Å²) in [5.41, 5.74) is 4.94. The van der Waals surface area contributed by atoms with Gasteiger partial charge in [0.2, 0.25) is 0 Å². The topological polar surface area (TPSA) is 15.3 Å². The van der Waals surface area contributed by atoms with Crippen molar-refractivity contribution >= 4 is 66.7 Å². The van der Waals surface area contributed by atoms with Crippen LogP contribution in [0.5, 0.6) is 0 Å². The van der Waals surface area contributed by atoms with Crippen molar-refractivity contribution in [1.29, 1.82) is 0 Å². The maximum absolute atomic E-state index is 5.95. The zero-order valence-corrected chi connectivity index (χ0v) is 13.7. The Morgan fingerprint density at radius 1 is 0.944 bits per heavy atom. The summed E-state index contributed by atoms with van der Waals surface area (Å²) < 4.78 is 2.63. The second kappa shape index (κ2) is 6.15. The molecule has 0 aromatic heterocycles. The van der Waals surface area contributed by atoms with E-state index in [-0.39, 0.29) is 0 Å². The second-order valence-electron chi connectivity index (χ2n) is 3.49. The molecule has 18 heavy (non-hydrogen) atoms. The Balaban J connectivity index is 2.18. The van der Waals surface area contributed by atoms with Crippen LogP contribution in [0.2, 0.25) is 10.0 Å². The number of nitrogens with one attached hydrogen (secondary N) is 1. The number of hydrogen-bond acceptors (Lipinski definition) is 2.